The van der Waals surface area contributed by atoms with Gasteiger partial charge in [-0.05, 0) is 6.92 Å². The molecule has 0 aromatic carbocycles. The second kappa shape index (κ2) is 5.54. The highest BCUT2D eigenvalue weighted by Gasteiger charge is 2.24. The van der Waals surface area contributed by atoms with Crippen molar-refractivity contribution in [3.8, 4) is 0 Å². The molecule has 0 aliphatic carbocycles. The Balaban J connectivity index is 2.01. The van der Waals surface area contributed by atoms with Gasteiger partial charge in [0.05, 0.1) is 0 Å². The van der Waals surface area contributed by atoms with Crippen LogP contribution in [0.1, 0.15) is 16.7 Å². The van der Waals surface area contributed by atoms with Crippen molar-refractivity contribution < 1.29 is 9.00 Å². The smallest absolute Gasteiger partial charge is 0.284 e. The quantitative estimate of drug-likeness (QED) is 0.850. The lowest BCUT2D eigenvalue weighted by molar-refractivity contribution is 0.0770. The number of carbonyl (C=O) groups is 1. The third-order valence-electron chi connectivity index (χ3n) is 2.40. The Morgan fingerprint density at radius 3 is 2.82 bits per heavy atom. The molecule has 2 heterocycles. The summed E-state index contributed by atoms with van der Waals surface area (Å²) in [4.78, 5) is 13.7. The van der Waals surface area contributed by atoms with Gasteiger partial charge in [-0.2, -0.15) is 0 Å². The molecule has 2 rings (SSSR count). The molecule has 0 spiro atoms. The van der Waals surface area contributed by atoms with E-state index in [4.69, 9.17) is 0 Å². The summed E-state index contributed by atoms with van der Waals surface area (Å²) in [5, 5.41) is 11.8. The van der Waals surface area contributed by atoms with E-state index in [0.29, 0.717) is 34.7 Å². The molecule has 1 aromatic rings. The van der Waals surface area contributed by atoms with Crippen LogP contribution in [-0.4, -0.2) is 56.4 Å². The normalized spacial score (nSPS) is 17.1. The molecule has 94 valence electrons. The molecule has 0 atom stereocenters. The summed E-state index contributed by atoms with van der Waals surface area (Å²) in [7, 11) is -0.771. The van der Waals surface area contributed by atoms with Gasteiger partial charge in [-0.1, -0.05) is 11.3 Å². The zero-order chi connectivity index (χ0) is 12.3. The highest BCUT2D eigenvalue weighted by Crippen LogP contribution is 2.17. The summed E-state index contributed by atoms with van der Waals surface area (Å²) in [6, 6.07) is 0. The van der Waals surface area contributed by atoms with Crippen LogP contribution in [-0.2, 0) is 10.8 Å². The predicted octanol–water partition coefficient (Wildman–Crippen LogP) is 0.174. The molecule has 8 heteroatoms. The number of aromatic nitrogens is 2. The fourth-order valence-electron chi connectivity index (χ4n) is 1.51. The second-order valence-corrected chi connectivity index (χ2v) is 6.26. The fourth-order valence-corrected chi connectivity index (χ4v) is 3.34. The highest BCUT2D eigenvalue weighted by atomic mass is 32.2. The van der Waals surface area contributed by atoms with Crippen molar-refractivity contribution in [2.45, 2.75) is 6.92 Å². The molecule has 1 saturated heterocycles. The van der Waals surface area contributed by atoms with E-state index < -0.39 is 10.8 Å². The van der Waals surface area contributed by atoms with Crippen LogP contribution < -0.4 is 5.32 Å². The number of rotatable bonds is 3. The molecule has 0 radical (unpaired) electrons. The summed E-state index contributed by atoms with van der Waals surface area (Å²) in [6.07, 6.45) is 0. The topological polar surface area (TPSA) is 75.2 Å². The number of nitrogens with one attached hydrogen (secondary N) is 1. The van der Waals surface area contributed by atoms with E-state index in [1.165, 1.54) is 11.3 Å². The number of carbonyl (C=O) groups excluding carboxylic acids is 1. The lowest BCUT2D eigenvalue weighted by Crippen LogP contribution is -2.41. The molecule has 1 fully saturated rings. The first-order chi connectivity index (χ1) is 8.20. The maximum absolute atomic E-state index is 12.0. The summed E-state index contributed by atoms with van der Waals surface area (Å²) in [6.45, 7) is 3.80. The molecule has 0 bridgehead atoms. The Morgan fingerprint density at radius 1 is 1.47 bits per heavy atom. The van der Waals surface area contributed by atoms with Gasteiger partial charge < -0.3 is 10.2 Å². The molecule has 6 nitrogen and oxygen atoms in total. The first-order valence-electron chi connectivity index (χ1n) is 5.42. The Kier molecular flexibility index (Phi) is 4.06. The first kappa shape index (κ1) is 12.4. The van der Waals surface area contributed by atoms with Crippen molar-refractivity contribution in [3.05, 3.63) is 5.01 Å². The van der Waals surface area contributed by atoms with Gasteiger partial charge in [0.2, 0.25) is 10.1 Å². The van der Waals surface area contributed by atoms with Crippen LogP contribution >= 0.6 is 11.3 Å². The van der Waals surface area contributed by atoms with E-state index in [-0.39, 0.29) is 5.91 Å². The number of amides is 1. The van der Waals surface area contributed by atoms with Gasteiger partial charge in [0.1, 0.15) is 0 Å². The van der Waals surface area contributed by atoms with Crippen molar-refractivity contribution in [1.29, 1.82) is 0 Å². The van der Waals surface area contributed by atoms with Gasteiger partial charge in [0.15, 0.2) is 0 Å². The van der Waals surface area contributed by atoms with Crippen LogP contribution in [0.2, 0.25) is 0 Å². The van der Waals surface area contributed by atoms with Crippen LogP contribution in [0.15, 0.2) is 0 Å². The van der Waals surface area contributed by atoms with E-state index in [1.807, 2.05) is 6.92 Å². The number of hydrogen-bond acceptors (Lipinski definition) is 6. The van der Waals surface area contributed by atoms with E-state index in [0.717, 1.165) is 6.54 Å². The van der Waals surface area contributed by atoms with E-state index >= 15 is 0 Å². The third-order valence-corrected chi connectivity index (χ3v) is 4.55. The van der Waals surface area contributed by atoms with Crippen molar-refractivity contribution >= 4 is 33.2 Å². The summed E-state index contributed by atoms with van der Waals surface area (Å²) in [5.74, 6) is 1.01. The number of anilines is 1. The third kappa shape index (κ3) is 3.01. The minimum Gasteiger partial charge on any atom is -0.360 e. The van der Waals surface area contributed by atoms with Gasteiger partial charge in [-0.25, -0.2) is 0 Å². The first-order valence-corrected chi connectivity index (χ1v) is 7.72. The van der Waals surface area contributed by atoms with E-state index in [2.05, 4.69) is 15.5 Å². The van der Waals surface area contributed by atoms with Crippen molar-refractivity contribution in [3.63, 3.8) is 0 Å². The van der Waals surface area contributed by atoms with E-state index in [1.54, 1.807) is 4.90 Å². The molecule has 0 saturated carbocycles. The molecule has 1 aromatic heterocycles. The molecule has 1 aliphatic heterocycles. The zero-order valence-corrected chi connectivity index (χ0v) is 11.1. The van der Waals surface area contributed by atoms with Crippen LogP contribution in [0, 0.1) is 0 Å². The van der Waals surface area contributed by atoms with Crippen molar-refractivity contribution in [1.82, 2.24) is 15.1 Å². The van der Waals surface area contributed by atoms with Gasteiger partial charge in [0.25, 0.3) is 5.91 Å². The summed E-state index contributed by atoms with van der Waals surface area (Å²) >= 11 is 1.26. The maximum atomic E-state index is 12.0. The lowest BCUT2D eigenvalue weighted by Gasteiger charge is -2.25. The SMILES string of the molecule is CCNc1nnc(C(=O)N2CCS(=O)CC2)s1. The largest absolute Gasteiger partial charge is 0.360 e. The molecule has 17 heavy (non-hydrogen) atoms. The zero-order valence-electron chi connectivity index (χ0n) is 9.51. The van der Waals surface area contributed by atoms with E-state index in [9.17, 15) is 9.00 Å². The predicted molar refractivity (Wildman–Crippen MR) is 67.9 cm³/mol. The van der Waals surface area contributed by atoms with Crippen molar-refractivity contribution in [2.75, 3.05) is 36.5 Å². The van der Waals surface area contributed by atoms with Crippen LogP contribution in [0.4, 0.5) is 5.13 Å². The molecule has 0 unspecified atom stereocenters. The lowest BCUT2D eigenvalue weighted by atomic mass is 10.4. The van der Waals surface area contributed by atoms with Gasteiger partial charge >= 0.3 is 0 Å². The molecular weight excluding hydrogens is 260 g/mol. The number of hydrogen-bond donors (Lipinski definition) is 1. The average molecular weight is 274 g/mol. The molecule has 1 amide bonds. The average Bonchev–Trinajstić information content (AvgIpc) is 2.78. The minimum atomic E-state index is -0.771. The summed E-state index contributed by atoms with van der Waals surface area (Å²) in [5.41, 5.74) is 0. The molecule has 1 aliphatic rings. The Labute approximate surface area is 106 Å². The van der Waals surface area contributed by atoms with Gasteiger partial charge in [0, 0.05) is 41.9 Å². The maximum Gasteiger partial charge on any atom is 0.284 e. The number of nitrogens with zero attached hydrogens (tertiary/aromatic N) is 3. The Bertz CT molecular complexity index is 424. The second-order valence-electron chi connectivity index (χ2n) is 3.58. The van der Waals surface area contributed by atoms with Crippen molar-refractivity contribution in [2.24, 2.45) is 0 Å². The van der Waals surface area contributed by atoms with Crippen LogP contribution in [0.5, 0.6) is 0 Å². The van der Waals surface area contributed by atoms with Crippen LogP contribution in [0.25, 0.3) is 0 Å². The Hall–Kier alpha value is -1.02. The minimum absolute atomic E-state index is 0.108. The highest BCUT2D eigenvalue weighted by molar-refractivity contribution is 7.85. The Morgan fingerprint density at radius 2 is 2.18 bits per heavy atom. The van der Waals surface area contributed by atoms with Crippen LogP contribution in [0.3, 0.4) is 0 Å². The molecule has 1 N–H and O–H groups in total. The standard InChI is InChI=1S/C9H14N4O2S2/c1-2-10-9-12-11-7(16-9)8(14)13-3-5-17(15)6-4-13/h2-6H2,1H3,(H,10,12). The fraction of sp³-hybridized carbons (Fsp3) is 0.667. The monoisotopic (exact) mass is 274 g/mol. The summed E-state index contributed by atoms with van der Waals surface area (Å²) < 4.78 is 11.2. The van der Waals surface area contributed by atoms with Gasteiger partial charge in [-0.15, -0.1) is 10.2 Å². The molecular formula is C9H14N4O2S2. The van der Waals surface area contributed by atoms with Gasteiger partial charge in [-0.3, -0.25) is 9.00 Å².